The maximum absolute atomic E-state index is 13.8. The third kappa shape index (κ3) is 5.51. The molecule has 2 aromatic heterocycles. The van der Waals surface area contributed by atoms with Crippen molar-refractivity contribution in [2.75, 3.05) is 11.9 Å². The van der Waals surface area contributed by atoms with Gasteiger partial charge in [-0.3, -0.25) is 9.20 Å². The van der Waals surface area contributed by atoms with Gasteiger partial charge < -0.3 is 20.7 Å². The number of imidazole rings is 1. The first kappa shape index (κ1) is 26.7. The minimum atomic E-state index is -1.25. The van der Waals surface area contributed by atoms with E-state index in [1.54, 1.807) is 18.2 Å². The van der Waals surface area contributed by atoms with E-state index in [2.05, 4.69) is 26.2 Å². The maximum Gasteiger partial charge on any atom is 0.313 e. The second-order valence-corrected chi connectivity index (χ2v) is 9.63. The second-order valence-electron chi connectivity index (χ2n) is 8.10. The van der Waals surface area contributed by atoms with E-state index < -0.39 is 23.8 Å². The summed E-state index contributed by atoms with van der Waals surface area (Å²) in [5.74, 6) is -0.652. The van der Waals surface area contributed by atoms with Crippen LogP contribution in [0, 0.1) is 12.7 Å². The number of nitrogens with two attached hydrogens (primary N) is 1. The molecule has 3 N–H and O–H groups in total. The lowest BCUT2D eigenvalue weighted by atomic mass is 10.0. The average molecular weight is 609 g/mol. The molecule has 0 radical (unpaired) electrons. The molecule has 1 unspecified atom stereocenters. The number of pyridine rings is 1. The number of fused-ring (bicyclic) bond motifs is 1. The van der Waals surface area contributed by atoms with E-state index in [4.69, 9.17) is 33.7 Å². The van der Waals surface area contributed by atoms with E-state index in [1.807, 2.05) is 23.6 Å². The fraction of sp³-hybridized carbons (Fsp3) is 0.160. The van der Waals surface area contributed by atoms with Crippen LogP contribution in [0.4, 0.5) is 14.9 Å². The Kier molecular flexibility index (Phi) is 7.91. The van der Waals surface area contributed by atoms with Crippen LogP contribution in [0.2, 0.25) is 10.0 Å². The van der Waals surface area contributed by atoms with Gasteiger partial charge in [-0.1, -0.05) is 35.3 Å². The molecule has 0 bridgehead atoms. The van der Waals surface area contributed by atoms with Crippen molar-refractivity contribution in [1.29, 1.82) is 0 Å². The molecule has 0 aliphatic carbocycles. The van der Waals surface area contributed by atoms with Crippen LogP contribution in [-0.2, 0) is 11.4 Å². The first-order valence-electron chi connectivity index (χ1n) is 10.9. The number of carbonyl (C=O) groups is 2. The number of anilines is 1. The van der Waals surface area contributed by atoms with Crippen molar-refractivity contribution in [3.8, 4) is 5.75 Å². The van der Waals surface area contributed by atoms with Gasteiger partial charge in [0.1, 0.15) is 23.1 Å². The van der Waals surface area contributed by atoms with E-state index in [0.717, 1.165) is 16.4 Å². The highest BCUT2D eigenvalue weighted by Gasteiger charge is 2.28. The Balaban J connectivity index is 1.63. The Morgan fingerprint density at radius 1 is 1.24 bits per heavy atom. The van der Waals surface area contributed by atoms with Crippen LogP contribution in [0.5, 0.6) is 5.75 Å². The first-order chi connectivity index (χ1) is 17.6. The van der Waals surface area contributed by atoms with E-state index >= 15 is 0 Å². The predicted molar refractivity (Wildman–Crippen MR) is 144 cm³/mol. The number of nitrogens with zero attached hydrogens (tertiary/aromatic N) is 3. The van der Waals surface area contributed by atoms with E-state index in [-0.39, 0.29) is 17.2 Å². The Morgan fingerprint density at radius 2 is 2.00 bits per heavy atom. The predicted octanol–water partition coefficient (Wildman–Crippen LogP) is 5.80. The second kappa shape index (κ2) is 11.0. The number of urea groups is 1. The number of hydrogen-bond donors (Lipinski definition) is 2. The molecule has 1 atom stereocenters. The number of amides is 3. The van der Waals surface area contributed by atoms with Gasteiger partial charge in [-0.15, -0.1) is 0 Å². The third-order valence-electron chi connectivity index (χ3n) is 5.66. The summed E-state index contributed by atoms with van der Waals surface area (Å²) >= 11 is 16.6. The maximum atomic E-state index is 13.8. The summed E-state index contributed by atoms with van der Waals surface area (Å²) in [6, 6.07) is 9.86. The van der Waals surface area contributed by atoms with Crippen molar-refractivity contribution in [3.63, 3.8) is 0 Å². The van der Waals surface area contributed by atoms with Crippen molar-refractivity contribution >= 4 is 62.4 Å². The topological polar surface area (TPSA) is 102 Å². The van der Waals surface area contributed by atoms with Crippen LogP contribution < -0.4 is 20.7 Å². The van der Waals surface area contributed by atoms with Gasteiger partial charge in [0, 0.05) is 23.8 Å². The lowest BCUT2D eigenvalue weighted by molar-refractivity contribution is -0.120. The van der Waals surface area contributed by atoms with Crippen molar-refractivity contribution in [3.05, 3.63) is 92.0 Å². The SMILES string of the molecule is Cc1nc2c(OCc3c(Cl)ccc(N(C)C(=O)C(NC(N)=O)c4cccc(F)c4)c3Cl)cccn2c1Br. The number of hydrogen-bond acceptors (Lipinski definition) is 4. The summed E-state index contributed by atoms with van der Waals surface area (Å²) in [4.78, 5) is 30.8. The summed E-state index contributed by atoms with van der Waals surface area (Å²) in [7, 11) is 1.47. The molecule has 0 saturated heterocycles. The molecule has 2 aromatic carbocycles. The number of aromatic nitrogens is 2. The van der Waals surface area contributed by atoms with Crippen molar-refractivity contribution in [2.45, 2.75) is 19.6 Å². The number of aryl methyl sites for hydroxylation is 1. The molecular formula is C25H21BrCl2FN5O3. The summed E-state index contributed by atoms with van der Waals surface area (Å²) in [6.07, 6.45) is 1.85. The van der Waals surface area contributed by atoms with Crippen LogP contribution in [0.1, 0.15) is 22.9 Å². The molecule has 0 aliphatic rings. The van der Waals surface area contributed by atoms with Crippen molar-refractivity contribution < 1.29 is 18.7 Å². The Labute approximate surface area is 230 Å². The molecule has 0 spiro atoms. The largest absolute Gasteiger partial charge is 0.485 e. The van der Waals surface area contributed by atoms with Gasteiger partial charge in [0.25, 0.3) is 5.91 Å². The summed E-state index contributed by atoms with van der Waals surface area (Å²) < 4.78 is 22.5. The average Bonchev–Trinajstić information content (AvgIpc) is 3.15. The molecule has 8 nitrogen and oxygen atoms in total. The lowest BCUT2D eigenvalue weighted by Gasteiger charge is -2.26. The Hall–Kier alpha value is -3.34. The van der Waals surface area contributed by atoms with Gasteiger partial charge in [-0.2, -0.15) is 0 Å². The molecular weight excluding hydrogens is 588 g/mol. The fourth-order valence-corrected chi connectivity index (χ4v) is 4.78. The molecule has 3 amide bonds. The summed E-state index contributed by atoms with van der Waals surface area (Å²) in [6.45, 7) is 1.86. The number of halogens is 4. The van der Waals surface area contributed by atoms with Gasteiger partial charge in [0.15, 0.2) is 11.4 Å². The molecule has 12 heteroatoms. The van der Waals surface area contributed by atoms with Crippen LogP contribution >= 0.6 is 39.1 Å². The highest BCUT2D eigenvalue weighted by Crippen LogP contribution is 2.36. The Bertz CT molecular complexity index is 1510. The quantitative estimate of drug-likeness (QED) is 0.277. The van der Waals surface area contributed by atoms with Gasteiger partial charge >= 0.3 is 6.03 Å². The van der Waals surface area contributed by atoms with Crippen LogP contribution in [0.25, 0.3) is 5.65 Å². The molecule has 37 heavy (non-hydrogen) atoms. The lowest BCUT2D eigenvalue weighted by Crippen LogP contribution is -2.43. The van der Waals surface area contributed by atoms with Gasteiger partial charge in [-0.05, 0) is 64.8 Å². The van der Waals surface area contributed by atoms with Crippen LogP contribution in [0.3, 0.4) is 0 Å². The number of rotatable bonds is 7. The van der Waals surface area contributed by atoms with Crippen LogP contribution in [0.15, 0.2) is 59.3 Å². The van der Waals surface area contributed by atoms with Gasteiger partial charge in [0.2, 0.25) is 0 Å². The molecule has 0 fully saturated rings. The third-order valence-corrected chi connectivity index (χ3v) is 7.39. The molecule has 192 valence electrons. The van der Waals surface area contributed by atoms with Crippen molar-refractivity contribution in [2.24, 2.45) is 5.73 Å². The van der Waals surface area contributed by atoms with E-state index in [0.29, 0.717) is 27.7 Å². The summed E-state index contributed by atoms with van der Waals surface area (Å²) in [5, 5.41) is 2.87. The fourth-order valence-electron chi connectivity index (χ4n) is 3.79. The minimum Gasteiger partial charge on any atom is -0.485 e. The zero-order chi connectivity index (χ0) is 26.9. The molecule has 2 heterocycles. The zero-order valence-corrected chi connectivity index (χ0v) is 22.7. The number of carbonyl (C=O) groups excluding carboxylic acids is 2. The Morgan fingerprint density at radius 3 is 2.70 bits per heavy atom. The number of primary amides is 1. The molecule has 4 rings (SSSR count). The highest BCUT2D eigenvalue weighted by molar-refractivity contribution is 9.10. The molecule has 4 aromatic rings. The number of nitrogens with one attached hydrogen (secondary N) is 1. The normalized spacial score (nSPS) is 11.8. The zero-order valence-electron chi connectivity index (χ0n) is 19.6. The minimum absolute atomic E-state index is 0.0103. The van der Waals surface area contributed by atoms with Crippen molar-refractivity contribution in [1.82, 2.24) is 14.7 Å². The smallest absolute Gasteiger partial charge is 0.313 e. The monoisotopic (exact) mass is 607 g/mol. The number of benzene rings is 2. The number of likely N-dealkylation sites (N-methyl/N-ethyl adjacent to an activating group) is 1. The first-order valence-corrected chi connectivity index (χ1v) is 12.4. The van der Waals surface area contributed by atoms with Crippen LogP contribution in [-0.4, -0.2) is 28.4 Å². The molecule has 0 aliphatic heterocycles. The van der Waals surface area contributed by atoms with Gasteiger partial charge in [-0.25, -0.2) is 14.2 Å². The van der Waals surface area contributed by atoms with E-state index in [1.165, 1.54) is 30.1 Å². The van der Waals surface area contributed by atoms with E-state index in [9.17, 15) is 14.0 Å². The molecule has 0 saturated carbocycles. The van der Waals surface area contributed by atoms with Gasteiger partial charge in [0.05, 0.1) is 16.4 Å². The standard InChI is InChI=1S/C25H21BrCl2FN5O3/c1-13-22(26)34-10-4-7-19(23(34)31-13)37-12-16-17(27)8-9-18(20(16)28)33(2)24(35)21(32-25(30)36)14-5-3-6-15(29)11-14/h3-11,21H,12H2,1-2H3,(H3,30,32,36). The number of ether oxygens (including phenoxy) is 1. The highest BCUT2D eigenvalue weighted by atomic mass is 79.9. The summed E-state index contributed by atoms with van der Waals surface area (Å²) in [5.41, 5.74) is 7.65.